The van der Waals surface area contributed by atoms with E-state index in [1.165, 1.54) is 10.9 Å². The maximum atomic E-state index is 12.9. The van der Waals surface area contributed by atoms with Crippen LogP contribution >= 0.6 is 11.3 Å². The molecule has 3 N–H and O–H groups in total. The standard InChI is InChI=1S/C27H28N6O3S/c34-23(28-13-10-19-17-29-22-9-5-4-8-21(19)22)16-18-11-14-33(15-12-18)27(36)26-32-31-25(37-26)24(35)30-20-6-2-1-3-7-20/h1-9,17-18,29H,10-16H2,(H,28,34)(H,30,35). The molecule has 37 heavy (non-hydrogen) atoms. The van der Waals surface area contributed by atoms with Crippen molar-refractivity contribution in [3.63, 3.8) is 0 Å². The van der Waals surface area contributed by atoms with Crippen LogP contribution in [0.25, 0.3) is 10.9 Å². The largest absolute Gasteiger partial charge is 0.361 e. The smallest absolute Gasteiger partial charge is 0.286 e. The number of piperidine rings is 1. The van der Waals surface area contributed by atoms with E-state index in [-0.39, 0.29) is 27.7 Å². The van der Waals surface area contributed by atoms with Crippen LogP contribution in [0.15, 0.2) is 60.8 Å². The third-order valence-electron chi connectivity index (χ3n) is 6.60. The van der Waals surface area contributed by atoms with Crippen molar-refractivity contribution < 1.29 is 14.4 Å². The predicted molar refractivity (Wildman–Crippen MR) is 143 cm³/mol. The number of rotatable bonds is 8. The fraction of sp³-hybridized carbons (Fsp3) is 0.296. The number of carbonyl (C=O) groups is 3. The van der Waals surface area contributed by atoms with Gasteiger partial charge in [-0.3, -0.25) is 14.4 Å². The van der Waals surface area contributed by atoms with Crippen LogP contribution in [-0.4, -0.2) is 57.4 Å². The number of nitrogens with one attached hydrogen (secondary N) is 3. The van der Waals surface area contributed by atoms with Gasteiger partial charge in [0.15, 0.2) is 0 Å². The Bertz CT molecular complexity index is 1390. The second-order valence-corrected chi connectivity index (χ2v) is 10.1. The molecule has 0 aliphatic carbocycles. The molecule has 0 bridgehead atoms. The summed E-state index contributed by atoms with van der Waals surface area (Å²) in [5.74, 6) is -0.336. The van der Waals surface area contributed by atoms with Gasteiger partial charge in [-0.15, -0.1) is 10.2 Å². The molecule has 1 fully saturated rings. The van der Waals surface area contributed by atoms with Crippen molar-refractivity contribution in [2.75, 3.05) is 25.0 Å². The number of nitrogens with zero attached hydrogens (tertiary/aromatic N) is 3. The first-order valence-corrected chi connectivity index (χ1v) is 13.2. The van der Waals surface area contributed by atoms with E-state index in [0.29, 0.717) is 31.7 Å². The van der Waals surface area contributed by atoms with Gasteiger partial charge in [-0.1, -0.05) is 47.7 Å². The molecule has 0 saturated carbocycles. The molecule has 9 nitrogen and oxygen atoms in total. The van der Waals surface area contributed by atoms with E-state index in [0.717, 1.165) is 36.1 Å². The zero-order valence-corrected chi connectivity index (χ0v) is 21.1. The number of amides is 3. The van der Waals surface area contributed by atoms with Crippen molar-refractivity contribution in [2.24, 2.45) is 5.92 Å². The highest BCUT2D eigenvalue weighted by atomic mass is 32.1. The van der Waals surface area contributed by atoms with Gasteiger partial charge in [-0.25, -0.2) is 0 Å². The highest BCUT2D eigenvalue weighted by molar-refractivity contribution is 7.15. The molecule has 1 aliphatic heterocycles. The lowest BCUT2D eigenvalue weighted by atomic mass is 9.93. The second-order valence-electron chi connectivity index (χ2n) is 9.13. The lowest BCUT2D eigenvalue weighted by molar-refractivity contribution is -0.122. The van der Waals surface area contributed by atoms with Crippen LogP contribution in [0.2, 0.25) is 0 Å². The molecule has 0 radical (unpaired) electrons. The summed E-state index contributed by atoms with van der Waals surface area (Å²) in [7, 11) is 0. The molecule has 3 heterocycles. The van der Waals surface area contributed by atoms with Crippen molar-refractivity contribution in [1.29, 1.82) is 0 Å². The minimum atomic E-state index is -0.392. The summed E-state index contributed by atoms with van der Waals surface area (Å²) in [5.41, 5.74) is 2.95. The van der Waals surface area contributed by atoms with Crippen LogP contribution in [0.5, 0.6) is 0 Å². The van der Waals surface area contributed by atoms with E-state index in [1.807, 2.05) is 42.6 Å². The normalized spacial score (nSPS) is 14.0. The number of anilines is 1. The first-order valence-electron chi connectivity index (χ1n) is 12.4. The number of hydrogen-bond donors (Lipinski definition) is 3. The Hall–Kier alpha value is -4.05. The summed E-state index contributed by atoms with van der Waals surface area (Å²) in [4.78, 5) is 42.8. The van der Waals surface area contributed by atoms with Crippen LogP contribution in [-0.2, 0) is 11.2 Å². The van der Waals surface area contributed by atoms with Crippen molar-refractivity contribution >= 4 is 45.6 Å². The summed E-state index contributed by atoms with van der Waals surface area (Å²) < 4.78 is 0. The van der Waals surface area contributed by atoms with Crippen LogP contribution in [0.3, 0.4) is 0 Å². The number of para-hydroxylation sites is 2. The second kappa shape index (κ2) is 11.3. The van der Waals surface area contributed by atoms with Crippen molar-refractivity contribution in [3.8, 4) is 0 Å². The van der Waals surface area contributed by atoms with Gasteiger partial charge in [-0.2, -0.15) is 0 Å². The summed E-state index contributed by atoms with van der Waals surface area (Å²) in [5, 5.41) is 15.2. The highest BCUT2D eigenvalue weighted by Crippen LogP contribution is 2.23. The minimum Gasteiger partial charge on any atom is -0.361 e. The van der Waals surface area contributed by atoms with Crippen molar-refractivity contribution in [1.82, 2.24) is 25.4 Å². The summed E-state index contributed by atoms with van der Waals surface area (Å²) in [6.45, 7) is 1.70. The zero-order valence-electron chi connectivity index (χ0n) is 20.3. The van der Waals surface area contributed by atoms with E-state index in [2.05, 4.69) is 31.9 Å². The topological polar surface area (TPSA) is 120 Å². The van der Waals surface area contributed by atoms with Crippen molar-refractivity contribution in [3.05, 3.63) is 76.4 Å². The Kier molecular flexibility index (Phi) is 7.55. The third-order valence-corrected chi connectivity index (χ3v) is 7.51. The Morgan fingerprint density at radius 2 is 1.70 bits per heavy atom. The average Bonchev–Trinajstić information content (AvgIpc) is 3.58. The van der Waals surface area contributed by atoms with E-state index < -0.39 is 5.91 Å². The van der Waals surface area contributed by atoms with E-state index in [1.54, 1.807) is 17.0 Å². The molecule has 5 rings (SSSR count). The number of likely N-dealkylation sites (tertiary alicyclic amines) is 1. The lowest BCUT2D eigenvalue weighted by Gasteiger charge is -2.31. The quantitative estimate of drug-likeness (QED) is 0.328. The molecule has 2 aromatic carbocycles. The van der Waals surface area contributed by atoms with Gasteiger partial charge in [0, 0.05) is 48.8 Å². The number of benzene rings is 2. The van der Waals surface area contributed by atoms with Gasteiger partial charge in [0.2, 0.25) is 15.9 Å². The number of hydrogen-bond acceptors (Lipinski definition) is 6. The Balaban J connectivity index is 1.05. The van der Waals surface area contributed by atoms with E-state index >= 15 is 0 Å². The van der Waals surface area contributed by atoms with Crippen LogP contribution < -0.4 is 10.6 Å². The maximum Gasteiger partial charge on any atom is 0.286 e. The molecule has 190 valence electrons. The van der Waals surface area contributed by atoms with Crippen LogP contribution in [0, 0.1) is 5.92 Å². The fourth-order valence-corrected chi connectivity index (χ4v) is 5.30. The van der Waals surface area contributed by atoms with E-state index in [4.69, 9.17) is 0 Å². The molecule has 10 heteroatoms. The van der Waals surface area contributed by atoms with Crippen molar-refractivity contribution in [2.45, 2.75) is 25.7 Å². The summed E-state index contributed by atoms with van der Waals surface area (Å²) in [6.07, 6.45) is 4.73. The van der Waals surface area contributed by atoms with Gasteiger partial charge in [0.1, 0.15) is 0 Å². The van der Waals surface area contributed by atoms with Crippen LogP contribution in [0.4, 0.5) is 5.69 Å². The Morgan fingerprint density at radius 3 is 2.51 bits per heavy atom. The third kappa shape index (κ3) is 6.03. The first-order chi connectivity index (χ1) is 18.1. The molecule has 0 unspecified atom stereocenters. The predicted octanol–water partition coefficient (Wildman–Crippen LogP) is 3.87. The van der Waals surface area contributed by atoms with E-state index in [9.17, 15) is 14.4 Å². The molecule has 0 atom stereocenters. The molecule has 4 aromatic rings. The number of aromatic nitrogens is 3. The molecule has 3 amide bonds. The fourth-order valence-electron chi connectivity index (χ4n) is 4.59. The zero-order chi connectivity index (χ0) is 25.6. The average molecular weight is 517 g/mol. The summed E-state index contributed by atoms with van der Waals surface area (Å²) in [6, 6.07) is 17.2. The molecule has 1 aliphatic rings. The molecule has 2 aromatic heterocycles. The molecule has 0 spiro atoms. The number of carbonyl (C=O) groups excluding carboxylic acids is 3. The SMILES string of the molecule is O=C(CC1CCN(C(=O)c2nnc(C(=O)Nc3ccccc3)s2)CC1)NCCc1c[nH]c2ccccc12. The van der Waals surface area contributed by atoms with Gasteiger partial charge >= 0.3 is 0 Å². The van der Waals surface area contributed by atoms with Crippen LogP contribution in [0.1, 0.15) is 44.4 Å². The lowest BCUT2D eigenvalue weighted by Crippen LogP contribution is -2.39. The molecular formula is C27H28N6O3S. The Morgan fingerprint density at radius 1 is 0.973 bits per heavy atom. The highest BCUT2D eigenvalue weighted by Gasteiger charge is 2.28. The van der Waals surface area contributed by atoms with Gasteiger partial charge in [0.25, 0.3) is 11.8 Å². The first kappa shape index (κ1) is 24.6. The number of H-pyrrole nitrogens is 1. The molecule has 1 saturated heterocycles. The van der Waals surface area contributed by atoms with Gasteiger partial charge in [0.05, 0.1) is 0 Å². The molecular weight excluding hydrogens is 488 g/mol. The van der Waals surface area contributed by atoms with Gasteiger partial charge in [-0.05, 0) is 48.9 Å². The monoisotopic (exact) mass is 516 g/mol. The minimum absolute atomic E-state index is 0.0443. The maximum absolute atomic E-state index is 12.9. The Labute approximate surface area is 218 Å². The van der Waals surface area contributed by atoms with Gasteiger partial charge < -0.3 is 20.5 Å². The number of aromatic amines is 1. The number of fused-ring (bicyclic) bond motifs is 1. The summed E-state index contributed by atoms with van der Waals surface area (Å²) >= 11 is 0.990.